The number of halogens is 1. The molecule has 0 aliphatic carbocycles. The number of nitrogens with zero attached hydrogens (tertiary/aromatic N) is 2. The number of para-hydroxylation sites is 1. The molecule has 1 aliphatic rings. The molecule has 0 atom stereocenters. The molecule has 1 aliphatic heterocycles. The number of thioether (sulfide) groups is 1. The van der Waals surface area contributed by atoms with Crippen molar-refractivity contribution in [2.75, 3.05) is 0 Å². The van der Waals surface area contributed by atoms with Crippen LogP contribution in [0.1, 0.15) is 30.7 Å². The predicted molar refractivity (Wildman–Crippen MR) is 120 cm³/mol. The van der Waals surface area contributed by atoms with E-state index in [1.54, 1.807) is 0 Å². The van der Waals surface area contributed by atoms with Crippen molar-refractivity contribution in [3.8, 4) is 0 Å². The zero-order valence-electron chi connectivity index (χ0n) is 16.5. The van der Waals surface area contributed by atoms with Crippen molar-refractivity contribution in [2.24, 2.45) is 0 Å². The van der Waals surface area contributed by atoms with Crippen molar-refractivity contribution < 1.29 is 9.59 Å². The lowest BCUT2D eigenvalue weighted by molar-refractivity contribution is -0.123. The minimum atomic E-state index is -0.219. The van der Waals surface area contributed by atoms with Crippen LogP contribution < -0.4 is 0 Å². The fourth-order valence-electron chi connectivity index (χ4n) is 3.67. The summed E-state index contributed by atoms with van der Waals surface area (Å²) in [5.74, 6) is -0.219. The summed E-state index contributed by atoms with van der Waals surface area (Å²) in [6, 6.07) is 15.8. The Labute approximate surface area is 179 Å². The fraction of sp³-hybridized carbons (Fsp3) is 0.217. The highest BCUT2D eigenvalue weighted by atomic mass is 35.5. The first-order valence-electron chi connectivity index (χ1n) is 9.46. The number of carbonyl (C=O) groups is 2. The summed E-state index contributed by atoms with van der Waals surface area (Å²) in [7, 11) is 0. The second kappa shape index (κ2) is 7.73. The molecule has 4 nitrogen and oxygen atoms in total. The van der Waals surface area contributed by atoms with Crippen LogP contribution in [0.25, 0.3) is 17.0 Å². The van der Waals surface area contributed by atoms with E-state index in [4.69, 9.17) is 11.6 Å². The molecule has 0 radical (unpaired) electrons. The summed E-state index contributed by atoms with van der Waals surface area (Å²) in [5, 5.41) is 1.57. The quantitative estimate of drug-likeness (QED) is 0.475. The van der Waals surface area contributed by atoms with Gasteiger partial charge in [0.15, 0.2) is 0 Å². The molecule has 0 N–H and O–H groups in total. The van der Waals surface area contributed by atoms with Crippen molar-refractivity contribution in [3.05, 3.63) is 75.3 Å². The van der Waals surface area contributed by atoms with E-state index in [9.17, 15) is 9.59 Å². The third-order valence-corrected chi connectivity index (χ3v) is 6.28. The monoisotopic (exact) mass is 424 g/mol. The van der Waals surface area contributed by atoms with Crippen LogP contribution in [0.15, 0.2) is 53.4 Å². The van der Waals surface area contributed by atoms with E-state index in [2.05, 4.69) is 23.6 Å². The third kappa shape index (κ3) is 3.61. The maximum atomic E-state index is 12.7. The molecule has 2 heterocycles. The first-order valence-corrected chi connectivity index (χ1v) is 10.7. The van der Waals surface area contributed by atoms with E-state index >= 15 is 0 Å². The molecule has 3 aromatic rings. The van der Waals surface area contributed by atoms with Gasteiger partial charge in [0.25, 0.3) is 11.1 Å². The maximum Gasteiger partial charge on any atom is 0.293 e. The fourth-order valence-corrected chi connectivity index (χ4v) is 4.74. The Kier molecular flexibility index (Phi) is 5.28. The van der Waals surface area contributed by atoms with E-state index < -0.39 is 0 Å². The molecule has 148 valence electrons. The van der Waals surface area contributed by atoms with Gasteiger partial charge in [-0.25, -0.2) is 0 Å². The highest BCUT2D eigenvalue weighted by molar-refractivity contribution is 8.18. The zero-order chi connectivity index (χ0) is 20.7. The summed E-state index contributed by atoms with van der Waals surface area (Å²) in [6.45, 7) is 6.45. The molecule has 4 rings (SSSR count). The van der Waals surface area contributed by atoms with Crippen molar-refractivity contribution in [1.29, 1.82) is 0 Å². The summed E-state index contributed by atoms with van der Waals surface area (Å²) >= 11 is 7.03. The molecular formula is C23H21ClN2O2S. The average Bonchev–Trinajstić information content (AvgIpc) is 3.12. The van der Waals surface area contributed by atoms with Crippen LogP contribution in [0.5, 0.6) is 0 Å². The largest absolute Gasteiger partial charge is 0.340 e. The minimum absolute atomic E-state index is 0.152. The number of carbonyl (C=O) groups excluding carboxylic acids is 2. The minimum Gasteiger partial charge on any atom is -0.340 e. The summed E-state index contributed by atoms with van der Waals surface area (Å²) in [5.41, 5.74) is 4.26. The lowest BCUT2D eigenvalue weighted by Crippen LogP contribution is -2.34. The van der Waals surface area contributed by atoms with Gasteiger partial charge in [-0.3, -0.25) is 14.5 Å². The van der Waals surface area contributed by atoms with Gasteiger partial charge in [0.1, 0.15) is 0 Å². The van der Waals surface area contributed by atoms with Crippen LogP contribution in [0.3, 0.4) is 0 Å². The van der Waals surface area contributed by atoms with E-state index in [-0.39, 0.29) is 17.2 Å². The van der Waals surface area contributed by atoms with Gasteiger partial charge in [-0.05, 0) is 62.4 Å². The number of benzene rings is 2. The number of aromatic nitrogens is 1. The van der Waals surface area contributed by atoms with Crippen molar-refractivity contribution in [3.63, 3.8) is 0 Å². The molecule has 0 unspecified atom stereocenters. The number of amides is 2. The van der Waals surface area contributed by atoms with Gasteiger partial charge in [-0.1, -0.05) is 41.9 Å². The van der Waals surface area contributed by atoms with E-state index in [1.807, 2.05) is 56.3 Å². The van der Waals surface area contributed by atoms with Crippen LogP contribution in [0, 0.1) is 6.92 Å². The van der Waals surface area contributed by atoms with Crippen molar-refractivity contribution in [2.45, 2.75) is 33.4 Å². The van der Waals surface area contributed by atoms with Gasteiger partial charge in [0, 0.05) is 39.8 Å². The molecular weight excluding hydrogens is 404 g/mol. The Morgan fingerprint density at radius 1 is 1.07 bits per heavy atom. The van der Waals surface area contributed by atoms with Crippen molar-refractivity contribution in [1.82, 2.24) is 9.47 Å². The number of imide groups is 1. The Balaban J connectivity index is 1.80. The molecule has 6 heteroatoms. The molecule has 0 spiro atoms. The SMILES string of the molecule is Cc1c(/C=C2/SC(=O)N(C(C)C)C2=O)c2ccccc2n1Cc1ccc(Cl)cc1. The Morgan fingerprint density at radius 3 is 2.41 bits per heavy atom. The highest BCUT2D eigenvalue weighted by Gasteiger charge is 2.37. The summed E-state index contributed by atoms with van der Waals surface area (Å²) in [4.78, 5) is 26.8. The Morgan fingerprint density at radius 2 is 1.76 bits per heavy atom. The van der Waals surface area contributed by atoms with Gasteiger partial charge in [-0.2, -0.15) is 0 Å². The number of rotatable bonds is 4. The topological polar surface area (TPSA) is 42.3 Å². The van der Waals surface area contributed by atoms with Gasteiger partial charge in [0.2, 0.25) is 0 Å². The van der Waals surface area contributed by atoms with Crippen LogP contribution in [-0.4, -0.2) is 26.7 Å². The van der Waals surface area contributed by atoms with E-state index in [0.29, 0.717) is 16.5 Å². The molecule has 1 aromatic heterocycles. The predicted octanol–water partition coefficient (Wildman–Crippen LogP) is 6.10. The molecule has 1 saturated heterocycles. The molecule has 0 saturated carbocycles. The van der Waals surface area contributed by atoms with Gasteiger partial charge in [-0.15, -0.1) is 0 Å². The third-order valence-electron chi connectivity index (χ3n) is 5.15. The van der Waals surface area contributed by atoms with E-state index in [0.717, 1.165) is 39.5 Å². The van der Waals surface area contributed by atoms with Gasteiger partial charge >= 0.3 is 0 Å². The second-order valence-corrected chi connectivity index (χ2v) is 8.80. The molecule has 2 amide bonds. The number of hydrogen-bond donors (Lipinski definition) is 0. The van der Waals surface area contributed by atoms with Gasteiger partial charge in [0.05, 0.1) is 4.91 Å². The average molecular weight is 425 g/mol. The second-order valence-electron chi connectivity index (χ2n) is 7.37. The zero-order valence-corrected chi connectivity index (χ0v) is 18.1. The van der Waals surface area contributed by atoms with E-state index in [1.165, 1.54) is 4.90 Å². The summed E-state index contributed by atoms with van der Waals surface area (Å²) in [6.07, 6.45) is 1.86. The molecule has 0 bridgehead atoms. The Bertz CT molecular complexity index is 1150. The lowest BCUT2D eigenvalue weighted by atomic mass is 10.1. The first kappa shape index (κ1) is 19.8. The molecule has 2 aromatic carbocycles. The van der Waals surface area contributed by atoms with Crippen LogP contribution in [-0.2, 0) is 11.3 Å². The summed E-state index contributed by atoms with van der Waals surface area (Å²) < 4.78 is 2.23. The smallest absolute Gasteiger partial charge is 0.293 e. The normalized spacial score (nSPS) is 16.0. The molecule has 29 heavy (non-hydrogen) atoms. The van der Waals surface area contributed by atoms with Gasteiger partial charge < -0.3 is 4.57 Å². The van der Waals surface area contributed by atoms with Crippen LogP contribution in [0.4, 0.5) is 4.79 Å². The number of fused-ring (bicyclic) bond motifs is 1. The maximum absolute atomic E-state index is 12.7. The van der Waals surface area contributed by atoms with Crippen LogP contribution in [0.2, 0.25) is 5.02 Å². The highest BCUT2D eigenvalue weighted by Crippen LogP contribution is 2.36. The van der Waals surface area contributed by atoms with Crippen molar-refractivity contribution >= 4 is 51.5 Å². The molecule has 1 fully saturated rings. The lowest BCUT2D eigenvalue weighted by Gasteiger charge is -2.16. The standard InChI is InChI=1S/C23H21ClN2O2S/c1-14(2)26-22(27)21(29-23(26)28)12-19-15(3)25(20-7-5-4-6-18(19)20)13-16-8-10-17(24)11-9-16/h4-12,14H,13H2,1-3H3/b21-12+. The Hall–Kier alpha value is -2.50. The van der Waals surface area contributed by atoms with Crippen LogP contribution >= 0.6 is 23.4 Å². The first-order chi connectivity index (χ1) is 13.9. The number of hydrogen-bond acceptors (Lipinski definition) is 3.